The van der Waals surface area contributed by atoms with Crippen molar-refractivity contribution >= 4 is 5.97 Å². The molecule has 4 nitrogen and oxygen atoms in total. The zero-order chi connectivity index (χ0) is 11.6. The van der Waals surface area contributed by atoms with Gasteiger partial charge in [0.2, 0.25) is 0 Å². The molecule has 0 bridgehead atoms. The molecule has 5 heteroatoms. The molecular formula is C11H17IN2O2. The van der Waals surface area contributed by atoms with Crippen molar-refractivity contribution in [2.45, 2.75) is 27.7 Å². The van der Waals surface area contributed by atoms with Crippen LogP contribution in [-0.4, -0.2) is 17.6 Å². The summed E-state index contributed by atoms with van der Waals surface area (Å²) in [7, 11) is 1.89. The highest BCUT2D eigenvalue weighted by Gasteiger charge is 2.23. The van der Waals surface area contributed by atoms with Gasteiger partial charge >= 0.3 is 5.97 Å². The first-order valence-electron chi connectivity index (χ1n) is 5.00. The maximum atomic E-state index is 11.7. The van der Waals surface area contributed by atoms with Crippen molar-refractivity contribution in [1.29, 1.82) is 0 Å². The van der Waals surface area contributed by atoms with Crippen molar-refractivity contribution in [2.24, 2.45) is 7.05 Å². The Labute approximate surface area is 113 Å². The van der Waals surface area contributed by atoms with Crippen molar-refractivity contribution in [2.75, 3.05) is 6.61 Å². The number of halogens is 1. The molecule has 0 fully saturated rings. The number of esters is 1. The average Bonchev–Trinajstić information content (AvgIpc) is 2.15. The van der Waals surface area contributed by atoms with E-state index < -0.39 is 0 Å². The molecule has 16 heavy (non-hydrogen) atoms. The summed E-state index contributed by atoms with van der Waals surface area (Å²) in [6, 6.07) is 0. The highest BCUT2D eigenvalue weighted by atomic mass is 127. The summed E-state index contributed by atoms with van der Waals surface area (Å²) in [5.74, 6) is 0.591. The van der Waals surface area contributed by atoms with Gasteiger partial charge in [-0.25, -0.2) is 9.36 Å². The molecule has 0 radical (unpaired) electrons. The standard InChI is InChI=1S/C11H17N2O2.HI/c1-6-15-11(14)10-7(2)12-9(4)13(5)8(10)3;/h6H2,1-5H3;1H/q+1;/p-1. The van der Waals surface area contributed by atoms with Crippen LogP contribution >= 0.6 is 0 Å². The molecule has 0 unspecified atom stereocenters. The Kier molecular flexibility index (Phi) is 5.85. The molecule has 90 valence electrons. The lowest BCUT2D eigenvalue weighted by Crippen LogP contribution is -3.00. The van der Waals surface area contributed by atoms with Gasteiger partial charge in [-0.05, 0) is 13.8 Å². The third-order valence-electron chi connectivity index (χ3n) is 2.52. The second kappa shape index (κ2) is 6.12. The van der Waals surface area contributed by atoms with Crippen LogP contribution in [0.15, 0.2) is 0 Å². The number of aryl methyl sites for hydroxylation is 2. The fourth-order valence-corrected chi connectivity index (χ4v) is 1.54. The molecule has 0 aromatic carbocycles. The summed E-state index contributed by atoms with van der Waals surface area (Å²) in [6.07, 6.45) is 0. The lowest BCUT2D eigenvalue weighted by atomic mass is 10.1. The van der Waals surface area contributed by atoms with E-state index >= 15 is 0 Å². The van der Waals surface area contributed by atoms with Crippen LogP contribution in [0.3, 0.4) is 0 Å². The van der Waals surface area contributed by atoms with Crippen LogP contribution in [0.5, 0.6) is 0 Å². The van der Waals surface area contributed by atoms with Gasteiger partial charge in [0.25, 0.3) is 5.82 Å². The van der Waals surface area contributed by atoms with Gasteiger partial charge in [-0.3, -0.25) is 0 Å². The lowest BCUT2D eigenvalue weighted by molar-refractivity contribution is -0.687. The average molecular weight is 336 g/mol. The van der Waals surface area contributed by atoms with Crippen LogP contribution in [0.2, 0.25) is 0 Å². The highest BCUT2D eigenvalue weighted by molar-refractivity contribution is 5.91. The molecule has 0 atom stereocenters. The van der Waals surface area contributed by atoms with Gasteiger partial charge in [-0.1, -0.05) is 4.98 Å². The summed E-state index contributed by atoms with van der Waals surface area (Å²) in [4.78, 5) is 16.0. The van der Waals surface area contributed by atoms with Crippen LogP contribution in [0.25, 0.3) is 0 Å². The number of nitrogens with zero attached hydrogens (tertiary/aromatic N) is 2. The Balaban J connectivity index is 0.00000225. The number of aromatic nitrogens is 2. The summed E-state index contributed by atoms with van der Waals surface area (Å²) >= 11 is 0. The molecule has 0 aliphatic heterocycles. The topological polar surface area (TPSA) is 43.1 Å². The number of carbonyl (C=O) groups is 1. The second-order valence-corrected chi connectivity index (χ2v) is 3.48. The Morgan fingerprint density at radius 2 is 1.94 bits per heavy atom. The maximum absolute atomic E-state index is 11.7. The molecular weight excluding hydrogens is 319 g/mol. The van der Waals surface area contributed by atoms with Gasteiger partial charge < -0.3 is 28.7 Å². The molecule has 0 amide bonds. The summed E-state index contributed by atoms with van der Waals surface area (Å²) < 4.78 is 6.88. The van der Waals surface area contributed by atoms with Gasteiger partial charge in [0, 0.05) is 13.8 Å². The van der Waals surface area contributed by atoms with Gasteiger partial charge in [-0.2, -0.15) is 0 Å². The summed E-state index contributed by atoms with van der Waals surface area (Å²) in [5, 5.41) is 0. The molecule has 0 spiro atoms. The predicted octanol–water partition coefficient (Wildman–Crippen LogP) is -1.99. The summed E-state index contributed by atoms with van der Waals surface area (Å²) in [5.41, 5.74) is 2.19. The van der Waals surface area contributed by atoms with E-state index in [9.17, 15) is 4.79 Å². The Morgan fingerprint density at radius 3 is 2.44 bits per heavy atom. The molecule has 0 aliphatic carbocycles. The SMILES string of the molecule is CCOC(=O)c1c(C)nc(C)[n+](C)c1C.[I-]. The molecule has 1 aromatic heterocycles. The van der Waals surface area contributed by atoms with E-state index in [1.54, 1.807) is 6.92 Å². The fourth-order valence-electron chi connectivity index (χ4n) is 1.54. The number of rotatable bonds is 2. The van der Waals surface area contributed by atoms with Crippen molar-refractivity contribution in [1.82, 2.24) is 4.98 Å². The molecule has 0 saturated heterocycles. The van der Waals surface area contributed by atoms with Crippen LogP contribution in [0, 0.1) is 20.8 Å². The second-order valence-electron chi connectivity index (χ2n) is 3.48. The summed E-state index contributed by atoms with van der Waals surface area (Å²) in [6.45, 7) is 7.81. The first-order chi connectivity index (χ1) is 6.99. The first kappa shape index (κ1) is 15.3. The van der Waals surface area contributed by atoms with E-state index in [4.69, 9.17) is 4.74 Å². The van der Waals surface area contributed by atoms with Crippen LogP contribution in [-0.2, 0) is 11.8 Å². The van der Waals surface area contributed by atoms with Crippen molar-refractivity contribution in [3.63, 3.8) is 0 Å². The highest BCUT2D eigenvalue weighted by Crippen LogP contribution is 2.09. The van der Waals surface area contributed by atoms with E-state index in [1.165, 1.54) is 0 Å². The third kappa shape index (κ3) is 2.90. The van der Waals surface area contributed by atoms with E-state index in [2.05, 4.69) is 4.98 Å². The molecule has 0 aliphatic rings. The number of ether oxygens (including phenoxy) is 1. The van der Waals surface area contributed by atoms with Crippen molar-refractivity contribution < 1.29 is 38.1 Å². The molecule has 0 N–H and O–H groups in total. The number of carbonyl (C=O) groups excluding carboxylic acids is 1. The monoisotopic (exact) mass is 336 g/mol. The zero-order valence-corrected chi connectivity index (χ0v) is 12.5. The van der Waals surface area contributed by atoms with E-state index in [0.29, 0.717) is 12.2 Å². The van der Waals surface area contributed by atoms with Gasteiger partial charge in [-0.15, -0.1) is 0 Å². The van der Waals surface area contributed by atoms with E-state index in [-0.39, 0.29) is 29.9 Å². The van der Waals surface area contributed by atoms with Crippen LogP contribution < -0.4 is 28.5 Å². The van der Waals surface area contributed by atoms with Crippen molar-refractivity contribution in [3.05, 3.63) is 22.8 Å². The fraction of sp³-hybridized carbons (Fsp3) is 0.545. The Morgan fingerprint density at radius 1 is 1.38 bits per heavy atom. The molecule has 1 heterocycles. The predicted molar refractivity (Wildman–Crippen MR) is 55.6 cm³/mol. The first-order valence-corrected chi connectivity index (χ1v) is 5.00. The van der Waals surface area contributed by atoms with Gasteiger partial charge in [0.15, 0.2) is 5.69 Å². The lowest BCUT2D eigenvalue weighted by Gasteiger charge is -2.07. The van der Waals surface area contributed by atoms with Crippen molar-refractivity contribution in [3.8, 4) is 0 Å². The van der Waals surface area contributed by atoms with Gasteiger partial charge in [0.1, 0.15) is 11.3 Å². The Bertz CT molecular complexity index is 405. The van der Waals surface area contributed by atoms with Crippen LogP contribution in [0.4, 0.5) is 0 Å². The smallest absolute Gasteiger partial charge is 0.346 e. The Hall–Kier alpha value is -0.720. The largest absolute Gasteiger partial charge is 1.00 e. The van der Waals surface area contributed by atoms with Crippen LogP contribution in [0.1, 0.15) is 34.5 Å². The normalized spacial score (nSPS) is 9.56. The minimum absolute atomic E-state index is 0. The number of hydrogen-bond acceptors (Lipinski definition) is 3. The minimum Gasteiger partial charge on any atom is -1.00 e. The quantitative estimate of drug-likeness (QED) is 0.357. The zero-order valence-electron chi connectivity index (χ0n) is 10.3. The maximum Gasteiger partial charge on any atom is 0.346 e. The van der Waals surface area contributed by atoms with Gasteiger partial charge in [0.05, 0.1) is 13.7 Å². The third-order valence-corrected chi connectivity index (χ3v) is 2.52. The van der Waals surface area contributed by atoms with E-state index in [1.807, 2.05) is 32.4 Å². The minimum atomic E-state index is -0.296. The molecule has 0 saturated carbocycles. The molecule has 1 aromatic rings. The molecule has 1 rings (SSSR count). The number of hydrogen-bond donors (Lipinski definition) is 0. The van der Waals surface area contributed by atoms with E-state index in [0.717, 1.165) is 17.2 Å².